The zero-order chi connectivity index (χ0) is 12.9. The van der Waals surface area contributed by atoms with E-state index in [0.717, 1.165) is 0 Å². The van der Waals surface area contributed by atoms with E-state index in [4.69, 9.17) is 0 Å². The maximum absolute atomic E-state index is 2.27. The Hall–Kier alpha value is -0.260. The summed E-state index contributed by atoms with van der Waals surface area (Å²) in [5.74, 6) is 0. The molecular weight excluding hydrogens is 180 g/mol. The van der Waals surface area contributed by atoms with Gasteiger partial charge in [0.25, 0.3) is 0 Å². The number of allylic oxidation sites excluding steroid dienone is 2. The van der Waals surface area contributed by atoms with Crippen molar-refractivity contribution in [3.63, 3.8) is 0 Å². The van der Waals surface area contributed by atoms with Crippen LogP contribution in [0.15, 0.2) is 12.2 Å². The normalized spacial score (nSPS) is 13.7. The molecule has 0 atom stereocenters. The van der Waals surface area contributed by atoms with Gasteiger partial charge in [-0.05, 0) is 16.2 Å². The van der Waals surface area contributed by atoms with E-state index in [1.165, 1.54) is 0 Å². The molecule has 0 rings (SSSR count). The van der Waals surface area contributed by atoms with E-state index in [1.54, 1.807) is 0 Å². The molecule has 0 aromatic rings. The summed E-state index contributed by atoms with van der Waals surface area (Å²) in [5.41, 5.74) is 1.15. The van der Waals surface area contributed by atoms with E-state index < -0.39 is 0 Å². The molecule has 0 fully saturated rings. The molecule has 0 saturated carbocycles. The summed E-state index contributed by atoms with van der Waals surface area (Å²) in [6, 6.07) is 0. The van der Waals surface area contributed by atoms with Crippen LogP contribution in [-0.2, 0) is 0 Å². The second kappa shape index (κ2) is 5.72. The Labute approximate surface area is 98.2 Å². The van der Waals surface area contributed by atoms with Gasteiger partial charge in [-0.2, -0.15) is 0 Å². The lowest BCUT2D eigenvalue weighted by Gasteiger charge is -2.17. The Morgan fingerprint density at radius 3 is 0.667 bits per heavy atom. The molecule has 0 bridgehead atoms. The number of rotatable bonds is 0. The van der Waals surface area contributed by atoms with E-state index in [1.807, 2.05) is 0 Å². The minimum atomic E-state index is 0.327. The van der Waals surface area contributed by atoms with Crippen LogP contribution < -0.4 is 0 Å². The van der Waals surface area contributed by atoms with Crippen LogP contribution >= 0.6 is 0 Å². The Kier molecular flexibility index (Phi) is 6.54. The fourth-order valence-corrected chi connectivity index (χ4v) is 0.500. The van der Waals surface area contributed by atoms with E-state index >= 15 is 0 Å². The van der Waals surface area contributed by atoms with Crippen molar-refractivity contribution in [1.29, 1.82) is 0 Å². The molecule has 0 saturated heterocycles. The number of hydrogen-bond donors (Lipinski definition) is 0. The van der Waals surface area contributed by atoms with Crippen LogP contribution in [0.1, 0.15) is 69.2 Å². The number of hydrogen-bond acceptors (Lipinski definition) is 0. The van der Waals surface area contributed by atoms with Crippen molar-refractivity contribution in [3.05, 3.63) is 12.2 Å². The first kappa shape index (κ1) is 17.1. The van der Waals surface area contributed by atoms with Crippen LogP contribution in [0.3, 0.4) is 0 Å². The molecule has 0 aliphatic rings. The largest absolute Gasteiger partial charge is 0.0826 e. The summed E-state index contributed by atoms with van der Waals surface area (Å²) in [6.45, 7) is 22.1. The topological polar surface area (TPSA) is 0 Å². The molecule has 0 radical (unpaired) electrons. The quantitative estimate of drug-likeness (QED) is 0.453. The monoisotopic (exact) mass is 212 g/mol. The van der Waals surface area contributed by atoms with Gasteiger partial charge in [-0.15, -0.1) is 0 Å². The highest BCUT2D eigenvalue weighted by Gasteiger charge is 2.08. The highest BCUT2D eigenvalue weighted by molar-refractivity contribution is 4.98. The van der Waals surface area contributed by atoms with Gasteiger partial charge >= 0.3 is 0 Å². The maximum Gasteiger partial charge on any atom is -0.0203 e. The second-order valence-electron chi connectivity index (χ2n) is 8.07. The fraction of sp³-hybridized carbons (Fsp3) is 0.867. The standard InChI is InChI=1S/C10H20.C5H12/c1-9(2,3)7-8-10(4,5)6;1-5(2,3)4/h7-8H,1-6H3;1-4H3/b8-7-;. The third-order valence-electron chi connectivity index (χ3n) is 1.08. The van der Waals surface area contributed by atoms with Gasteiger partial charge in [0.1, 0.15) is 0 Å². The Morgan fingerprint density at radius 2 is 0.600 bits per heavy atom. The lowest BCUT2D eigenvalue weighted by molar-refractivity contribution is 0.469. The molecule has 0 aliphatic carbocycles. The smallest absolute Gasteiger partial charge is 0.0203 e. The Balaban J connectivity index is 0. The lowest BCUT2D eigenvalue weighted by atomic mass is 9.89. The van der Waals surface area contributed by atoms with Crippen LogP contribution in [0.2, 0.25) is 0 Å². The molecule has 0 aromatic heterocycles. The highest BCUT2D eigenvalue weighted by Crippen LogP contribution is 2.21. The highest BCUT2D eigenvalue weighted by atomic mass is 14.1. The minimum Gasteiger partial charge on any atom is -0.0826 e. The third kappa shape index (κ3) is 41.7. The third-order valence-corrected chi connectivity index (χ3v) is 1.08. The average Bonchev–Trinajstić information content (AvgIpc) is 1.76. The molecule has 0 heteroatoms. The van der Waals surface area contributed by atoms with Crippen LogP contribution in [0.4, 0.5) is 0 Å². The van der Waals surface area contributed by atoms with Crippen molar-refractivity contribution >= 4 is 0 Å². The fourth-order valence-electron chi connectivity index (χ4n) is 0.500. The average molecular weight is 212 g/mol. The summed E-state index contributed by atoms with van der Waals surface area (Å²) in [5, 5.41) is 0. The van der Waals surface area contributed by atoms with Gasteiger partial charge < -0.3 is 0 Å². The molecular formula is C15H32. The van der Waals surface area contributed by atoms with Crippen LogP contribution in [0.25, 0.3) is 0 Å². The minimum absolute atomic E-state index is 0.327. The molecule has 0 spiro atoms. The van der Waals surface area contributed by atoms with Crippen molar-refractivity contribution in [3.8, 4) is 0 Å². The van der Waals surface area contributed by atoms with Crippen molar-refractivity contribution < 1.29 is 0 Å². The van der Waals surface area contributed by atoms with Gasteiger partial charge in [-0.3, -0.25) is 0 Å². The van der Waals surface area contributed by atoms with E-state index in [-0.39, 0.29) is 0 Å². The SMILES string of the molecule is CC(C)(C)/C=C\C(C)(C)C.CC(C)(C)C. The van der Waals surface area contributed by atoms with Gasteiger partial charge in [-0.1, -0.05) is 81.4 Å². The van der Waals surface area contributed by atoms with E-state index in [9.17, 15) is 0 Å². The molecule has 92 valence electrons. The van der Waals surface area contributed by atoms with Crippen molar-refractivity contribution in [2.75, 3.05) is 0 Å². The molecule has 0 heterocycles. The zero-order valence-corrected chi connectivity index (χ0v) is 12.7. The molecule has 15 heavy (non-hydrogen) atoms. The predicted molar refractivity (Wildman–Crippen MR) is 73.2 cm³/mol. The van der Waals surface area contributed by atoms with E-state index in [0.29, 0.717) is 16.2 Å². The van der Waals surface area contributed by atoms with Gasteiger partial charge in [0, 0.05) is 0 Å². The molecule has 0 nitrogen and oxygen atoms in total. The predicted octanol–water partition coefficient (Wildman–Crippen LogP) is 5.69. The van der Waals surface area contributed by atoms with Gasteiger partial charge in [-0.25, -0.2) is 0 Å². The molecule has 0 aliphatic heterocycles. The molecule has 0 amide bonds. The van der Waals surface area contributed by atoms with Gasteiger partial charge in [0.15, 0.2) is 0 Å². The second-order valence-corrected chi connectivity index (χ2v) is 8.07. The van der Waals surface area contributed by atoms with Crippen molar-refractivity contribution in [2.24, 2.45) is 16.2 Å². The van der Waals surface area contributed by atoms with Crippen LogP contribution in [0.5, 0.6) is 0 Å². The summed E-state index contributed by atoms with van der Waals surface area (Å²) in [7, 11) is 0. The molecule has 0 unspecified atom stereocenters. The van der Waals surface area contributed by atoms with Crippen LogP contribution in [0, 0.1) is 16.2 Å². The first-order valence-corrected chi connectivity index (χ1v) is 5.91. The van der Waals surface area contributed by atoms with Crippen LogP contribution in [-0.4, -0.2) is 0 Å². The zero-order valence-electron chi connectivity index (χ0n) is 12.7. The van der Waals surface area contributed by atoms with E-state index in [2.05, 4.69) is 81.4 Å². The van der Waals surface area contributed by atoms with Gasteiger partial charge in [0.05, 0.1) is 0 Å². The first-order chi connectivity index (χ1) is 6.21. The molecule has 0 N–H and O–H groups in total. The summed E-state index contributed by atoms with van der Waals surface area (Å²) in [4.78, 5) is 0. The van der Waals surface area contributed by atoms with Gasteiger partial charge in [0.2, 0.25) is 0 Å². The lowest BCUT2D eigenvalue weighted by Crippen LogP contribution is -2.04. The summed E-state index contributed by atoms with van der Waals surface area (Å²) < 4.78 is 0. The van der Waals surface area contributed by atoms with Crippen molar-refractivity contribution in [1.82, 2.24) is 0 Å². The Bertz CT molecular complexity index is 154. The summed E-state index contributed by atoms with van der Waals surface area (Å²) in [6.07, 6.45) is 4.54. The summed E-state index contributed by atoms with van der Waals surface area (Å²) >= 11 is 0. The Morgan fingerprint density at radius 1 is 0.467 bits per heavy atom. The first-order valence-electron chi connectivity index (χ1n) is 5.91. The molecule has 0 aromatic carbocycles. The maximum atomic E-state index is 2.27. The van der Waals surface area contributed by atoms with Crippen molar-refractivity contribution in [2.45, 2.75) is 69.2 Å².